The van der Waals surface area contributed by atoms with Crippen molar-refractivity contribution in [3.63, 3.8) is 0 Å². The Morgan fingerprint density at radius 1 is 0.964 bits per heavy atom. The number of carbonyl (C=O) groups is 1. The minimum atomic E-state index is -4.00. The zero-order chi connectivity index (χ0) is 20.3. The number of rotatable bonds is 6. The lowest BCUT2D eigenvalue weighted by Crippen LogP contribution is -2.36. The normalized spacial score (nSPS) is 11.2. The lowest BCUT2D eigenvalue weighted by Gasteiger charge is -2.24. The van der Waals surface area contributed by atoms with Gasteiger partial charge in [-0.3, -0.25) is 9.10 Å². The highest BCUT2D eigenvalue weighted by molar-refractivity contribution is 7.92. The summed E-state index contributed by atoms with van der Waals surface area (Å²) < 4.78 is 27.5. The fourth-order valence-corrected chi connectivity index (χ4v) is 4.25. The van der Waals surface area contributed by atoms with Crippen LogP contribution in [0.2, 0.25) is 10.0 Å². The summed E-state index contributed by atoms with van der Waals surface area (Å²) in [6.45, 7) is 1.47. The molecule has 0 spiro atoms. The largest absolute Gasteiger partial charge is 0.292 e. The van der Waals surface area contributed by atoms with Gasteiger partial charge in [0.1, 0.15) is 0 Å². The standard InChI is InChI=1S/C21H16Cl2NO3S/c1-15-5-11-20(12-6-15)28(26,27)24(19-4-2-3-18(23)13-19)14-21(25)16-7-9-17(22)10-8-16/h2-12H,14H2,1H3. The Morgan fingerprint density at radius 3 is 2.21 bits per heavy atom. The number of Topliss-reactive ketones (excluding diaryl/α,β-unsaturated/α-hetero) is 1. The molecule has 0 aliphatic rings. The quantitative estimate of drug-likeness (QED) is 0.504. The summed E-state index contributed by atoms with van der Waals surface area (Å²) in [5.41, 5.74) is 1.47. The van der Waals surface area contributed by atoms with Gasteiger partial charge in [-0.2, -0.15) is 0 Å². The minimum absolute atomic E-state index is 0.0791. The molecular formula is C21H16Cl2NO3S. The number of aryl methyl sites for hydroxylation is 1. The van der Waals surface area contributed by atoms with E-state index in [2.05, 4.69) is 6.07 Å². The van der Waals surface area contributed by atoms with E-state index in [0.29, 0.717) is 10.6 Å². The van der Waals surface area contributed by atoms with Crippen LogP contribution in [-0.2, 0) is 10.0 Å². The predicted octanol–water partition coefficient (Wildman–Crippen LogP) is 5.18. The molecule has 3 aromatic carbocycles. The van der Waals surface area contributed by atoms with Crippen LogP contribution in [0.5, 0.6) is 0 Å². The molecule has 0 bridgehead atoms. The molecule has 0 saturated carbocycles. The molecule has 0 heterocycles. The Balaban J connectivity index is 2.03. The molecule has 0 aliphatic carbocycles. The molecule has 0 aliphatic heterocycles. The molecule has 0 aromatic heterocycles. The number of benzene rings is 3. The van der Waals surface area contributed by atoms with Gasteiger partial charge in [0.15, 0.2) is 5.78 Å². The fourth-order valence-electron chi connectivity index (χ4n) is 2.57. The van der Waals surface area contributed by atoms with Crippen LogP contribution >= 0.6 is 23.2 Å². The Bertz CT molecular complexity index is 1100. The molecule has 0 saturated heterocycles. The maximum atomic E-state index is 13.3. The topological polar surface area (TPSA) is 54.5 Å². The molecule has 0 atom stereocenters. The molecule has 1 radical (unpaired) electrons. The summed E-state index contributed by atoms with van der Waals surface area (Å²) in [6.07, 6.45) is 0. The first-order valence-electron chi connectivity index (χ1n) is 8.33. The average Bonchev–Trinajstić information content (AvgIpc) is 2.66. The zero-order valence-corrected chi connectivity index (χ0v) is 17.2. The number of hydrogen-bond acceptors (Lipinski definition) is 3. The molecule has 4 nitrogen and oxygen atoms in total. The van der Waals surface area contributed by atoms with Crippen molar-refractivity contribution in [3.8, 4) is 0 Å². The van der Waals surface area contributed by atoms with Crippen LogP contribution in [0.4, 0.5) is 5.69 Å². The summed E-state index contributed by atoms with van der Waals surface area (Å²) in [6, 6.07) is 20.2. The number of anilines is 1. The van der Waals surface area contributed by atoms with Crippen LogP contribution in [0.3, 0.4) is 0 Å². The van der Waals surface area contributed by atoms with E-state index < -0.39 is 16.6 Å². The van der Waals surface area contributed by atoms with Crippen LogP contribution in [0.15, 0.2) is 71.6 Å². The molecule has 7 heteroatoms. The Hall–Kier alpha value is -2.34. The molecule has 0 unspecified atom stereocenters. The second kappa shape index (κ2) is 8.35. The number of nitrogens with zero attached hydrogens (tertiary/aromatic N) is 1. The van der Waals surface area contributed by atoms with Gasteiger partial charge in [-0.1, -0.05) is 47.0 Å². The van der Waals surface area contributed by atoms with Crippen molar-refractivity contribution in [1.82, 2.24) is 0 Å². The summed E-state index contributed by atoms with van der Waals surface area (Å²) in [7, 11) is -4.00. The van der Waals surface area contributed by atoms with E-state index >= 15 is 0 Å². The van der Waals surface area contributed by atoms with Gasteiger partial charge in [0.25, 0.3) is 10.0 Å². The maximum Gasteiger partial charge on any atom is 0.264 e. The third-order valence-electron chi connectivity index (χ3n) is 4.08. The molecular weight excluding hydrogens is 417 g/mol. The Morgan fingerprint density at radius 2 is 1.61 bits per heavy atom. The van der Waals surface area contributed by atoms with E-state index in [9.17, 15) is 13.2 Å². The average molecular weight is 433 g/mol. The molecule has 28 heavy (non-hydrogen) atoms. The van der Waals surface area contributed by atoms with Crippen molar-refractivity contribution in [2.75, 3.05) is 10.8 Å². The van der Waals surface area contributed by atoms with E-state index in [1.54, 1.807) is 54.6 Å². The highest BCUT2D eigenvalue weighted by Crippen LogP contribution is 2.26. The lowest BCUT2D eigenvalue weighted by molar-refractivity contribution is 0.100. The van der Waals surface area contributed by atoms with Crippen LogP contribution in [0.25, 0.3) is 0 Å². The molecule has 0 amide bonds. The number of ketones is 1. The number of halogens is 2. The van der Waals surface area contributed by atoms with E-state index in [0.717, 1.165) is 9.87 Å². The molecule has 3 aromatic rings. The predicted molar refractivity (Wildman–Crippen MR) is 112 cm³/mol. The minimum Gasteiger partial charge on any atom is -0.292 e. The summed E-state index contributed by atoms with van der Waals surface area (Å²) in [5.74, 6) is -0.374. The van der Waals surface area contributed by atoms with Crippen molar-refractivity contribution in [2.45, 2.75) is 11.8 Å². The summed E-state index contributed by atoms with van der Waals surface area (Å²) in [4.78, 5) is 12.8. The monoisotopic (exact) mass is 432 g/mol. The van der Waals surface area contributed by atoms with Gasteiger partial charge in [-0.25, -0.2) is 8.42 Å². The van der Waals surface area contributed by atoms with Gasteiger partial charge in [-0.15, -0.1) is 0 Å². The first-order chi connectivity index (χ1) is 13.3. The SMILES string of the molecule is Cc1ccc(S(=O)(=O)N(CC(=O)c2ccc(Cl)cc2)c2[c]c(Cl)ccc2)cc1. The maximum absolute atomic E-state index is 13.3. The summed E-state index contributed by atoms with van der Waals surface area (Å²) in [5, 5.41) is 0.740. The van der Waals surface area contributed by atoms with Gasteiger partial charge >= 0.3 is 0 Å². The molecule has 0 N–H and O–H groups in total. The Labute approximate surface area is 174 Å². The molecule has 3 rings (SSSR count). The third-order valence-corrected chi connectivity index (χ3v) is 6.32. The number of carbonyl (C=O) groups excluding carboxylic acids is 1. The second-order valence-corrected chi connectivity index (χ2v) is 8.84. The van der Waals surface area contributed by atoms with Crippen molar-refractivity contribution in [1.29, 1.82) is 0 Å². The number of sulfonamides is 1. The lowest BCUT2D eigenvalue weighted by atomic mass is 10.1. The van der Waals surface area contributed by atoms with E-state index in [1.165, 1.54) is 12.1 Å². The molecule has 0 fully saturated rings. The van der Waals surface area contributed by atoms with Gasteiger partial charge in [-0.05, 0) is 55.5 Å². The first kappa shape index (κ1) is 20.4. The van der Waals surface area contributed by atoms with Gasteiger partial charge in [0, 0.05) is 16.7 Å². The highest BCUT2D eigenvalue weighted by Gasteiger charge is 2.28. The van der Waals surface area contributed by atoms with E-state index in [4.69, 9.17) is 23.2 Å². The van der Waals surface area contributed by atoms with Crippen molar-refractivity contribution in [3.05, 3.63) is 94.0 Å². The van der Waals surface area contributed by atoms with Crippen molar-refractivity contribution >= 4 is 44.7 Å². The smallest absolute Gasteiger partial charge is 0.264 e. The second-order valence-electron chi connectivity index (χ2n) is 6.14. The van der Waals surface area contributed by atoms with E-state index in [-0.39, 0.29) is 21.4 Å². The van der Waals surface area contributed by atoms with Crippen molar-refractivity contribution < 1.29 is 13.2 Å². The van der Waals surface area contributed by atoms with E-state index in [1.807, 2.05) is 6.92 Å². The first-order valence-corrected chi connectivity index (χ1v) is 10.5. The summed E-state index contributed by atoms with van der Waals surface area (Å²) >= 11 is 11.9. The van der Waals surface area contributed by atoms with Crippen LogP contribution in [0.1, 0.15) is 15.9 Å². The fraction of sp³-hybridized carbons (Fsp3) is 0.0952. The number of hydrogen-bond donors (Lipinski definition) is 0. The van der Waals surface area contributed by atoms with Gasteiger partial charge in [0.05, 0.1) is 22.2 Å². The van der Waals surface area contributed by atoms with Crippen LogP contribution in [-0.4, -0.2) is 20.7 Å². The highest BCUT2D eigenvalue weighted by atomic mass is 35.5. The third kappa shape index (κ3) is 4.55. The van der Waals surface area contributed by atoms with Crippen LogP contribution < -0.4 is 4.31 Å². The van der Waals surface area contributed by atoms with Crippen LogP contribution in [0, 0.1) is 13.0 Å². The van der Waals surface area contributed by atoms with Crippen molar-refractivity contribution in [2.24, 2.45) is 0 Å². The van der Waals surface area contributed by atoms with Gasteiger partial charge < -0.3 is 0 Å². The Kier molecular flexibility index (Phi) is 6.08. The zero-order valence-electron chi connectivity index (χ0n) is 14.9. The van der Waals surface area contributed by atoms with Gasteiger partial charge in [0.2, 0.25) is 0 Å². The molecule has 143 valence electrons.